The number of para-hydroxylation sites is 1. The summed E-state index contributed by atoms with van der Waals surface area (Å²) < 4.78 is 4.80. The minimum Gasteiger partial charge on any atom is -0.312 e. The number of allylic oxidation sites excluding steroid dienone is 1. The normalized spacial score (nSPS) is 14.8. The number of nitrogens with zero attached hydrogens (tertiary/aromatic N) is 2. The molecule has 1 unspecified atom stereocenters. The largest absolute Gasteiger partial charge is 0.312 e. The quantitative estimate of drug-likeness (QED) is 0.217. The maximum Gasteiger partial charge on any atom is 0.0785 e. The van der Waals surface area contributed by atoms with Crippen molar-refractivity contribution in [2.45, 2.75) is 25.4 Å². The standard InChI is InChI=1S/C38H32N4/c1-24-10-8-17-34-37(24)32-22-31-30-21-26(25-11-4-2-5-12-25)18-19-33(30)42(29-16-9-13-27(20-29)38(39)40)35(31)23-36(32)41(34)28-14-6-3-7-15-28/h2-9,11-24,38H,10,39-40H2,1H3. The van der Waals surface area contributed by atoms with Gasteiger partial charge in [-0.15, -0.1) is 0 Å². The Bertz CT molecular complexity index is 2150. The molecule has 1 aliphatic carbocycles. The fourth-order valence-corrected chi connectivity index (χ4v) is 6.84. The number of aromatic nitrogens is 2. The average molecular weight is 545 g/mol. The summed E-state index contributed by atoms with van der Waals surface area (Å²) in [6.07, 6.45) is 5.13. The van der Waals surface area contributed by atoms with E-state index in [1.165, 1.54) is 49.7 Å². The van der Waals surface area contributed by atoms with Crippen LogP contribution in [0.4, 0.5) is 0 Å². The smallest absolute Gasteiger partial charge is 0.0785 e. The third kappa shape index (κ3) is 3.77. The van der Waals surface area contributed by atoms with Gasteiger partial charge in [-0.2, -0.15) is 0 Å². The lowest BCUT2D eigenvalue weighted by Crippen LogP contribution is -2.20. The van der Waals surface area contributed by atoms with Crippen LogP contribution in [0.3, 0.4) is 0 Å². The van der Waals surface area contributed by atoms with Crippen LogP contribution < -0.4 is 11.5 Å². The van der Waals surface area contributed by atoms with Gasteiger partial charge in [0.25, 0.3) is 0 Å². The highest BCUT2D eigenvalue weighted by Crippen LogP contribution is 2.44. The van der Waals surface area contributed by atoms with Gasteiger partial charge in [-0.3, -0.25) is 0 Å². The Hall–Kier alpha value is -4.90. The first kappa shape index (κ1) is 24.9. The highest BCUT2D eigenvalue weighted by molar-refractivity contribution is 6.15. The van der Waals surface area contributed by atoms with Crippen LogP contribution in [0.5, 0.6) is 0 Å². The second-order valence-corrected chi connectivity index (χ2v) is 11.4. The van der Waals surface area contributed by atoms with Crippen molar-refractivity contribution < 1.29 is 0 Å². The van der Waals surface area contributed by atoms with Gasteiger partial charge in [0.1, 0.15) is 0 Å². The summed E-state index contributed by atoms with van der Waals surface area (Å²) in [5, 5.41) is 3.79. The number of rotatable bonds is 4. The summed E-state index contributed by atoms with van der Waals surface area (Å²) in [4.78, 5) is 0. The Labute approximate surface area is 245 Å². The second kappa shape index (κ2) is 9.59. The van der Waals surface area contributed by atoms with Gasteiger partial charge >= 0.3 is 0 Å². The van der Waals surface area contributed by atoms with Crippen molar-refractivity contribution in [3.8, 4) is 22.5 Å². The van der Waals surface area contributed by atoms with Gasteiger partial charge < -0.3 is 20.6 Å². The molecule has 0 radical (unpaired) electrons. The van der Waals surface area contributed by atoms with E-state index in [4.69, 9.17) is 11.5 Å². The van der Waals surface area contributed by atoms with Gasteiger partial charge in [-0.1, -0.05) is 79.7 Å². The van der Waals surface area contributed by atoms with Gasteiger partial charge in [-0.05, 0) is 89.2 Å². The topological polar surface area (TPSA) is 61.9 Å². The lowest BCUT2D eigenvalue weighted by molar-refractivity contribution is 0.772. The molecule has 8 rings (SSSR count). The molecular formula is C38H32N4. The van der Waals surface area contributed by atoms with Gasteiger partial charge in [0.15, 0.2) is 0 Å². The lowest BCUT2D eigenvalue weighted by atomic mass is 9.90. The van der Waals surface area contributed by atoms with E-state index in [0.29, 0.717) is 5.92 Å². The Morgan fingerprint density at radius 1 is 0.619 bits per heavy atom. The molecule has 4 nitrogen and oxygen atoms in total. The maximum absolute atomic E-state index is 6.13. The average Bonchev–Trinajstić information content (AvgIpc) is 3.53. The van der Waals surface area contributed by atoms with Crippen molar-refractivity contribution in [3.63, 3.8) is 0 Å². The highest BCUT2D eigenvalue weighted by atomic mass is 15.0. The Morgan fingerprint density at radius 2 is 1.33 bits per heavy atom. The van der Waals surface area contributed by atoms with Crippen molar-refractivity contribution in [2.24, 2.45) is 11.5 Å². The summed E-state index contributed by atoms with van der Waals surface area (Å²) in [5.74, 6) is 0.436. The van der Waals surface area contributed by atoms with Crippen LogP contribution >= 0.6 is 0 Å². The predicted molar refractivity (Wildman–Crippen MR) is 176 cm³/mol. The molecule has 5 aromatic carbocycles. The first-order valence-corrected chi connectivity index (χ1v) is 14.6. The van der Waals surface area contributed by atoms with Crippen LogP contribution in [0.2, 0.25) is 0 Å². The van der Waals surface area contributed by atoms with Crippen LogP contribution in [-0.2, 0) is 0 Å². The highest BCUT2D eigenvalue weighted by Gasteiger charge is 2.25. The van der Waals surface area contributed by atoms with Crippen LogP contribution in [0, 0.1) is 0 Å². The van der Waals surface area contributed by atoms with Crippen LogP contribution in [0.1, 0.15) is 42.2 Å². The van der Waals surface area contributed by atoms with E-state index in [-0.39, 0.29) is 0 Å². The number of hydrogen-bond donors (Lipinski definition) is 2. The minimum absolute atomic E-state index is 0.436. The van der Waals surface area contributed by atoms with E-state index in [2.05, 4.69) is 131 Å². The molecule has 4 heteroatoms. The number of benzene rings is 5. The van der Waals surface area contributed by atoms with Crippen molar-refractivity contribution in [3.05, 3.63) is 138 Å². The van der Waals surface area contributed by atoms with Crippen LogP contribution in [0.25, 0.3) is 61.3 Å². The van der Waals surface area contributed by atoms with Crippen molar-refractivity contribution in [1.29, 1.82) is 0 Å². The fourth-order valence-electron chi connectivity index (χ4n) is 6.84. The van der Waals surface area contributed by atoms with E-state index in [9.17, 15) is 0 Å². The number of hydrogen-bond acceptors (Lipinski definition) is 2. The third-order valence-corrected chi connectivity index (χ3v) is 8.82. The minimum atomic E-state index is -0.537. The molecule has 0 saturated carbocycles. The predicted octanol–water partition coefficient (Wildman–Crippen LogP) is 8.83. The Balaban J connectivity index is 1.52. The van der Waals surface area contributed by atoms with Crippen molar-refractivity contribution >= 4 is 38.8 Å². The van der Waals surface area contributed by atoms with Crippen molar-refractivity contribution in [2.75, 3.05) is 0 Å². The van der Waals surface area contributed by atoms with Gasteiger partial charge in [0.05, 0.1) is 22.7 Å². The lowest BCUT2D eigenvalue weighted by Gasteiger charge is -2.16. The molecule has 1 aliphatic rings. The molecule has 0 bridgehead atoms. The van der Waals surface area contributed by atoms with E-state index in [1.54, 1.807) is 0 Å². The molecule has 0 spiro atoms. The van der Waals surface area contributed by atoms with Crippen LogP contribution in [-0.4, -0.2) is 9.13 Å². The Morgan fingerprint density at radius 3 is 2.12 bits per heavy atom. The monoisotopic (exact) mass is 544 g/mol. The molecule has 4 N–H and O–H groups in total. The molecule has 0 amide bonds. The fraction of sp³-hybridized carbons (Fsp3) is 0.105. The summed E-state index contributed by atoms with van der Waals surface area (Å²) >= 11 is 0. The first-order chi connectivity index (χ1) is 20.6. The van der Waals surface area contributed by atoms with Gasteiger partial charge in [0.2, 0.25) is 0 Å². The number of fused-ring (bicyclic) bond motifs is 6. The van der Waals surface area contributed by atoms with E-state index in [1.807, 2.05) is 12.1 Å². The van der Waals surface area contributed by atoms with E-state index >= 15 is 0 Å². The molecule has 204 valence electrons. The summed E-state index contributed by atoms with van der Waals surface area (Å²) in [5.41, 5.74) is 24.1. The molecule has 0 aliphatic heterocycles. The third-order valence-electron chi connectivity index (χ3n) is 8.82. The van der Waals surface area contributed by atoms with Crippen LogP contribution in [0.15, 0.2) is 121 Å². The zero-order valence-electron chi connectivity index (χ0n) is 23.5. The van der Waals surface area contributed by atoms with E-state index in [0.717, 1.165) is 28.7 Å². The summed E-state index contributed by atoms with van der Waals surface area (Å²) in [6.45, 7) is 2.35. The molecule has 0 saturated heterocycles. The number of nitrogens with two attached hydrogens (primary N) is 2. The maximum atomic E-state index is 6.13. The molecule has 2 aromatic heterocycles. The van der Waals surface area contributed by atoms with Gasteiger partial charge in [0, 0.05) is 33.2 Å². The molecule has 2 heterocycles. The van der Waals surface area contributed by atoms with Crippen molar-refractivity contribution in [1.82, 2.24) is 9.13 Å². The van der Waals surface area contributed by atoms with E-state index < -0.39 is 6.17 Å². The van der Waals surface area contributed by atoms with Gasteiger partial charge in [-0.25, -0.2) is 0 Å². The zero-order valence-corrected chi connectivity index (χ0v) is 23.5. The molecule has 42 heavy (non-hydrogen) atoms. The SMILES string of the molecule is CC1CC=Cc2c1c1cc3c4cc(-c5ccccc5)ccc4n(-c4cccc(C(N)N)c4)c3cc1n2-c1ccccc1. The summed E-state index contributed by atoms with van der Waals surface area (Å²) in [7, 11) is 0. The molecular weight excluding hydrogens is 512 g/mol. The molecule has 7 aromatic rings. The zero-order chi connectivity index (χ0) is 28.4. The first-order valence-electron chi connectivity index (χ1n) is 14.6. The molecule has 1 atom stereocenters. The Kier molecular flexibility index (Phi) is 5.68. The second-order valence-electron chi connectivity index (χ2n) is 11.4. The molecule has 0 fully saturated rings. The summed E-state index contributed by atoms with van der Waals surface area (Å²) in [6, 6.07) is 41.3.